The summed E-state index contributed by atoms with van der Waals surface area (Å²) in [7, 11) is 0. The molecule has 0 aliphatic carbocycles. The molecular weight excluding hydrogens is 502 g/mol. The summed E-state index contributed by atoms with van der Waals surface area (Å²) in [5.41, 5.74) is 9.96. The molecule has 5 aromatic rings. The lowest BCUT2D eigenvalue weighted by Gasteiger charge is -2.37. The second-order valence-corrected chi connectivity index (χ2v) is 10.7. The zero-order chi connectivity index (χ0) is 26.0. The Kier molecular flexibility index (Phi) is 6.48. The second-order valence-electron chi connectivity index (χ2n) is 9.97. The van der Waals surface area contributed by atoms with Crippen LogP contribution < -0.4 is 10.2 Å². The highest BCUT2D eigenvalue weighted by atomic mass is 32.1. The van der Waals surface area contributed by atoms with Crippen molar-refractivity contribution in [1.82, 2.24) is 25.1 Å². The lowest BCUT2D eigenvalue weighted by atomic mass is 10.0. The van der Waals surface area contributed by atoms with Gasteiger partial charge in [0.1, 0.15) is 23.8 Å². The number of piperidine rings is 1. The minimum Gasteiger partial charge on any atom is -0.360 e. The molecule has 0 bridgehead atoms. The molecule has 7 nitrogen and oxygen atoms in total. The maximum Gasteiger partial charge on any atom is 0.201 e. The Bertz CT molecular complexity index is 1550. The van der Waals surface area contributed by atoms with E-state index in [2.05, 4.69) is 85.5 Å². The second kappa shape index (κ2) is 10.6. The molecule has 1 saturated heterocycles. The number of hydrogen-bond donors (Lipinski definition) is 1. The number of nitrogens with zero attached hydrogens (tertiary/aromatic N) is 6. The van der Waals surface area contributed by atoms with Gasteiger partial charge in [0, 0.05) is 42.2 Å². The topological polar surface area (TPSA) is 70.1 Å². The maximum atomic E-state index is 4.92. The molecule has 1 fully saturated rings. The predicted octanol–water partition coefficient (Wildman–Crippen LogP) is 6.34. The van der Waals surface area contributed by atoms with Gasteiger partial charge in [-0.2, -0.15) is 0 Å². The molecular formula is C31H28N7S. The van der Waals surface area contributed by atoms with E-state index in [4.69, 9.17) is 4.98 Å². The van der Waals surface area contributed by atoms with Crippen molar-refractivity contribution in [2.45, 2.75) is 25.4 Å². The Morgan fingerprint density at radius 1 is 0.821 bits per heavy atom. The van der Waals surface area contributed by atoms with Crippen LogP contribution in [0, 0.1) is 6.67 Å². The van der Waals surface area contributed by atoms with E-state index in [0.29, 0.717) is 11.9 Å². The average Bonchev–Trinajstić information content (AvgIpc) is 3.69. The van der Waals surface area contributed by atoms with Gasteiger partial charge < -0.3 is 10.2 Å². The fourth-order valence-electron chi connectivity index (χ4n) is 5.46. The van der Waals surface area contributed by atoms with Crippen molar-refractivity contribution in [2.75, 3.05) is 23.3 Å². The number of thiazole rings is 1. The number of likely N-dealkylation sites (tertiary alicyclic amines) is 1. The van der Waals surface area contributed by atoms with Crippen LogP contribution in [0.5, 0.6) is 0 Å². The SMILES string of the molecule is [CH]1Nc2ccccc2N1C1CCN(Cc2ccc(-c3nc(-c4cscn4)nnc3-c3ccccc3)cc2)CC1. The van der Waals surface area contributed by atoms with E-state index in [0.717, 1.165) is 60.7 Å². The summed E-state index contributed by atoms with van der Waals surface area (Å²) in [4.78, 5) is 14.3. The van der Waals surface area contributed by atoms with Gasteiger partial charge >= 0.3 is 0 Å². The van der Waals surface area contributed by atoms with Crippen molar-refractivity contribution in [3.05, 3.63) is 102 Å². The summed E-state index contributed by atoms with van der Waals surface area (Å²) in [5.74, 6) is 0.547. The first kappa shape index (κ1) is 23.9. The summed E-state index contributed by atoms with van der Waals surface area (Å²) in [6, 6.07) is 28.0. The fraction of sp³-hybridized carbons (Fsp3) is 0.194. The number of fused-ring (bicyclic) bond motifs is 1. The zero-order valence-electron chi connectivity index (χ0n) is 21.4. The number of para-hydroxylation sites is 2. The molecule has 3 aromatic carbocycles. The van der Waals surface area contributed by atoms with Crippen LogP contribution >= 0.6 is 11.3 Å². The third kappa shape index (κ3) is 4.89. The van der Waals surface area contributed by atoms with Gasteiger partial charge in [-0.25, -0.2) is 9.97 Å². The molecule has 0 atom stereocenters. The van der Waals surface area contributed by atoms with Crippen molar-refractivity contribution in [1.29, 1.82) is 0 Å². The van der Waals surface area contributed by atoms with Gasteiger partial charge in [-0.05, 0) is 30.5 Å². The third-order valence-electron chi connectivity index (χ3n) is 7.52. The van der Waals surface area contributed by atoms with E-state index < -0.39 is 0 Å². The van der Waals surface area contributed by atoms with Crippen molar-refractivity contribution in [3.63, 3.8) is 0 Å². The number of aromatic nitrogens is 4. The lowest BCUT2D eigenvalue weighted by Crippen LogP contribution is -2.43. The van der Waals surface area contributed by atoms with Crippen molar-refractivity contribution in [2.24, 2.45) is 0 Å². The van der Waals surface area contributed by atoms with Crippen LogP contribution in [-0.4, -0.2) is 44.2 Å². The fourth-order valence-corrected chi connectivity index (χ4v) is 5.99. The van der Waals surface area contributed by atoms with Gasteiger partial charge in [-0.3, -0.25) is 4.90 Å². The smallest absolute Gasteiger partial charge is 0.201 e. The Hall–Kier alpha value is -4.14. The molecule has 2 aromatic heterocycles. The highest BCUT2D eigenvalue weighted by molar-refractivity contribution is 7.07. The van der Waals surface area contributed by atoms with Crippen LogP contribution in [-0.2, 0) is 6.54 Å². The van der Waals surface area contributed by atoms with Crippen LogP contribution in [0.25, 0.3) is 34.0 Å². The number of benzene rings is 3. The molecule has 39 heavy (non-hydrogen) atoms. The zero-order valence-corrected chi connectivity index (χ0v) is 22.3. The van der Waals surface area contributed by atoms with Gasteiger partial charge in [0.15, 0.2) is 0 Å². The van der Waals surface area contributed by atoms with Crippen LogP contribution in [0.1, 0.15) is 18.4 Å². The van der Waals surface area contributed by atoms with E-state index >= 15 is 0 Å². The molecule has 0 saturated carbocycles. The minimum atomic E-state index is 0.536. The van der Waals surface area contributed by atoms with Crippen LogP contribution in [0.4, 0.5) is 11.4 Å². The molecule has 2 aliphatic rings. The Morgan fingerprint density at radius 2 is 1.59 bits per heavy atom. The van der Waals surface area contributed by atoms with Crippen LogP contribution in [0.2, 0.25) is 0 Å². The third-order valence-corrected chi connectivity index (χ3v) is 8.11. The molecule has 8 heteroatoms. The molecule has 7 rings (SSSR count). The summed E-state index contributed by atoms with van der Waals surface area (Å²) >= 11 is 1.53. The molecule has 1 N–H and O–H groups in total. The summed E-state index contributed by atoms with van der Waals surface area (Å²) in [6.07, 6.45) is 2.30. The van der Waals surface area contributed by atoms with Crippen LogP contribution in [0.15, 0.2) is 89.8 Å². The van der Waals surface area contributed by atoms with Gasteiger partial charge in [-0.1, -0.05) is 66.7 Å². The van der Waals surface area contributed by atoms with Crippen molar-refractivity contribution >= 4 is 22.7 Å². The first-order valence-corrected chi connectivity index (χ1v) is 14.2. The van der Waals surface area contributed by atoms with E-state index in [1.54, 1.807) is 5.51 Å². The quantitative estimate of drug-likeness (QED) is 0.274. The normalized spacial score (nSPS) is 15.7. The minimum absolute atomic E-state index is 0.536. The number of anilines is 2. The molecule has 0 unspecified atom stereocenters. The van der Waals surface area contributed by atoms with Crippen molar-refractivity contribution in [3.8, 4) is 34.0 Å². The van der Waals surface area contributed by atoms with Crippen LogP contribution in [0.3, 0.4) is 0 Å². The monoisotopic (exact) mass is 530 g/mol. The molecule has 4 heterocycles. The Morgan fingerprint density at radius 3 is 2.38 bits per heavy atom. The summed E-state index contributed by atoms with van der Waals surface area (Å²) in [5, 5.41) is 14.3. The largest absolute Gasteiger partial charge is 0.360 e. The lowest BCUT2D eigenvalue weighted by molar-refractivity contribution is 0.204. The Balaban J connectivity index is 1.07. The first-order valence-electron chi connectivity index (χ1n) is 13.3. The molecule has 1 radical (unpaired) electrons. The summed E-state index contributed by atoms with van der Waals surface area (Å²) < 4.78 is 0. The average molecular weight is 531 g/mol. The van der Waals surface area contributed by atoms with Crippen molar-refractivity contribution < 1.29 is 0 Å². The van der Waals surface area contributed by atoms with Gasteiger partial charge in [0.2, 0.25) is 5.82 Å². The summed E-state index contributed by atoms with van der Waals surface area (Å²) in [6.45, 7) is 5.26. The van der Waals surface area contributed by atoms with E-state index in [9.17, 15) is 0 Å². The van der Waals surface area contributed by atoms with Gasteiger partial charge in [0.05, 0.1) is 16.9 Å². The maximum absolute atomic E-state index is 4.92. The van der Waals surface area contributed by atoms with E-state index in [1.807, 2.05) is 35.7 Å². The standard InChI is InChI=1S/C31H28N7S/c1-2-6-23(7-3-1)30-29(34-31(36-35-30)27-19-39-21-33-27)24-12-10-22(11-13-24)18-37-16-14-25(15-17-37)38-20-32-26-8-4-5-9-28(26)38/h1-13,19-21,25,32H,14-18H2. The predicted molar refractivity (Wildman–Crippen MR) is 157 cm³/mol. The van der Waals surface area contributed by atoms with E-state index in [-0.39, 0.29) is 0 Å². The first-order chi connectivity index (χ1) is 19.3. The number of hydrogen-bond acceptors (Lipinski definition) is 8. The number of rotatable bonds is 6. The van der Waals surface area contributed by atoms with Gasteiger partial charge in [0.25, 0.3) is 0 Å². The molecule has 193 valence electrons. The number of nitrogens with one attached hydrogen (secondary N) is 1. The molecule has 0 spiro atoms. The van der Waals surface area contributed by atoms with Gasteiger partial charge in [-0.15, -0.1) is 21.5 Å². The van der Waals surface area contributed by atoms with E-state index in [1.165, 1.54) is 28.3 Å². The Labute approximate surface area is 232 Å². The highest BCUT2D eigenvalue weighted by Gasteiger charge is 2.29. The molecule has 2 aliphatic heterocycles. The highest BCUT2D eigenvalue weighted by Crippen LogP contribution is 2.36. The molecule has 0 amide bonds.